The van der Waals surface area contributed by atoms with Crippen LogP contribution in [-0.4, -0.2) is 34.4 Å². The molecule has 0 unspecified atom stereocenters. The molecule has 0 bridgehead atoms. The van der Waals surface area contributed by atoms with Crippen LogP contribution in [0.3, 0.4) is 0 Å². The summed E-state index contributed by atoms with van der Waals surface area (Å²) in [5.41, 5.74) is 0.819. The molecule has 0 saturated heterocycles. The maximum atomic E-state index is 13.3. The second-order valence-corrected chi connectivity index (χ2v) is 7.78. The van der Waals surface area contributed by atoms with Crippen LogP contribution in [-0.2, 0) is 16.1 Å². The number of amides is 1. The fourth-order valence-corrected chi connectivity index (χ4v) is 3.76. The van der Waals surface area contributed by atoms with Crippen LogP contribution in [0.2, 0.25) is 0 Å². The molecule has 8 heteroatoms. The number of anilines is 1. The molecular formula is C21H22FN3O3S. The van der Waals surface area contributed by atoms with Gasteiger partial charge in [-0.05, 0) is 43.7 Å². The van der Waals surface area contributed by atoms with Crippen molar-refractivity contribution in [2.75, 3.05) is 19.0 Å². The van der Waals surface area contributed by atoms with E-state index in [0.29, 0.717) is 41.3 Å². The Morgan fingerprint density at radius 2 is 2.07 bits per heavy atom. The summed E-state index contributed by atoms with van der Waals surface area (Å²) in [6.07, 6.45) is 0.647. The number of thioether (sulfide) groups is 1. The summed E-state index contributed by atoms with van der Waals surface area (Å²) in [6.45, 7) is 2.67. The van der Waals surface area contributed by atoms with Crippen LogP contribution >= 0.6 is 11.8 Å². The highest BCUT2D eigenvalue weighted by Crippen LogP contribution is 2.24. The lowest BCUT2D eigenvalue weighted by Gasteiger charge is -2.16. The highest BCUT2D eigenvalue weighted by atomic mass is 32.2. The summed E-state index contributed by atoms with van der Waals surface area (Å²) < 4.78 is 20.0. The van der Waals surface area contributed by atoms with Crippen molar-refractivity contribution in [3.8, 4) is 0 Å². The summed E-state index contributed by atoms with van der Waals surface area (Å²) in [6, 6.07) is 12.8. The van der Waals surface area contributed by atoms with Gasteiger partial charge in [0, 0.05) is 25.9 Å². The summed E-state index contributed by atoms with van der Waals surface area (Å²) in [5, 5.41) is 3.15. The van der Waals surface area contributed by atoms with E-state index in [1.807, 2.05) is 6.07 Å². The van der Waals surface area contributed by atoms with E-state index in [-0.39, 0.29) is 11.5 Å². The highest BCUT2D eigenvalue weighted by Gasteiger charge is 2.19. The van der Waals surface area contributed by atoms with Crippen LogP contribution in [0.5, 0.6) is 0 Å². The summed E-state index contributed by atoms with van der Waals surface area (Å²) in [7, 11) is 1.61. The van der Waals surface area contributed by atoms with Gasteiger partial charge in [0.1, 0.15) is 5.82 Å². The standard InChI is InChI=1S/C21H22FN3O3S/c1-14(19(26)23-16-8-5-7-15(22)13-16)29-21-24-18-10-4-3-9-17(18)20(27)25(21)11-6-12-28-2/h3-5,7-10,13-14H,6,11-12H2,1-2H3,(H,23,26)/t14-/m1/s1. The molecule has 0 radical (unpaired) electrons. The van der Waals surface area contributed by atoms with Crippen LogP contribution in [0.1, 0.15) is 13.3 Å². The molecule has 1 N–H and O–H groups in total. The summed E-state index contributed by atoms with van der Waals surface area (Å²) in [4.78, 5) is 30.1. The third-order valence-electron chi connectivity index (χ3n) is 4.30. The number of hydrogen-bond acceptors (Lipinski definition) is 5. The number of para-hydroxylation sites is 1. The molecule has 0 aliphatic carbocycles. The second kappa shape index (κ2) is 9.67. The van der Waals surface area contributed by atoms with Crippen molar-refractivity contribution < 1.29 is 13.9 Å². The van der Waals surface area contributed by atoms with Crippen molar-refractivity contribution in [1.29, 1.82) is 0 Å². The molecule has 6 nitrogen and oxygen atoms in total. The third kappa shape index (κ3) is 5.21. The molecule has 0 saturated carbocycles. The zero-order valence-corrected chi connectivity index (χ0v) is 17.0. The number of halogens is 1. The second-order valence-electron chi connectivity index (χ2n) is 6.47. The van der Waals surface area contributed by atoms with Gasteiger partial charge in [-0.25, -0.2) is 9.37 Å². The lowest BCUT2D eigenvalue weighted by molar-refractivity contribution is -0.115. The maximum absolute atomic E-state index is 13.3. The predicted molar refractivity (Wildman–Crippen MR) is 113 cm³/mol. The Bertz CT molecular complexity index is 1070. The first kappa shape index (κ1) is 21.0. The van der Waals surface area contributed by atoms with Gasteiger partial charge in [0.2, 0.25) is 5.91 Å². The number of methoxy groups -OCH3 is 1. The first-order valence-electron chi connectivity index (χ1n) is 9.21. The quantitative estimate of drug-likeness (QED) is 0.345. The molecule has 29 heavy (non-hydrogen) atoms. The molecule has 1 atom stereocenters. The van der Waals surface area contributed by atoms with Crippen LogP contribution in [0.25, 0.3) is 10.9 Å². The first-order valence-corrected chi connectivity index (χ1v) is 10.1. The fraction of sp³-hybridized carbons (Fsp3) is 0.286. The monoisotopic (exact) mass is 415 g/mol. The van der Waals surface area contributed by atoms with E-state index >= 15 is 0 Å². The summed E-state index contributed by atoms with van der Waals surface area (Å²) >= 11 is 1.19. The van der Waals surface area contributed by atoms with Gasteiger partial charge in [0.25, 0.3) is 5.56 Å². The molecule has 0 aliphatic rings. The number of fused-ring (bicyclic) bond motifs is 1. The first-order chi connectivity index (χ1) is 14.0. The van der Waals surface area contributed by atoms with E-state index in [1.165, 1.54) is 30.0 Å². The molecule has 1 aromatic heterocycles. The van der Waals surface area contributed by atoms with Crippen LogP contribution in [0.4, 0.5) is 10.1 Å². The maximum Gasteiger partial charge on any atom is 0.262 e. The number of rotatable bonds is 8. The Morgan fingerprint density at radius 3 is 2.83 bits per heavy atom. The van der Waals surface area contributed by atoms with E-state index < -0.39 is 11.1 Å². The Morgan fingerprint density at radius 1 is 1.28 bits per heavy atom. The van der Waals surface area contributed by atoms with Crippen LogP contribution in [0.15, 0.2) is 58.5 Å². The van der Waals surface area contributed by atoms with Crippen LogP contribution < -0.4 is 10.9 Å². The number of hydrogen-bond donors (Lipinski definition) is 1. The predicted octanol–water partition coefficient (Wildman–Crippen LogP) is 3.69. The number of carbonyl (C=O) groups excluding carboxylic acids is 1. The van der Waals surface area contributed by atoms with E-state index in [1.54, 1.807) is 42.9 Å². The number of nitrogens with one attached hydrogen (secondary N) is 1. The van der Waals surface area contributed by atoms with Gasteiger partial charge in [-0.15, -0.1) is 0 Å². The molecule has 3 aromatic rings. The van der Waals surface area contributed by atoms with E-state index in [4.69, 9.17) is 4.74 Å². The molecule has 152 valence electrons. The Labute approximate surface area is 172 Å². The van der Waals surface area contributed by atoms with Crippen molar-refractivity contribution in [3.05, 3.63) is 64.7 Å². The number of aromatic nitrogens is 2. The number of nitrogens with zero attached hydrogens (tertiary/aromatic N) is 2. The van der Waals surface area contributed by atoms with Gasteiger partial charge in [-0.1, -0.05) is 30.0 Å². The zero-order valence-electron chi connectivity index (χ0n) is 16.2. The van der Waals surface area contributed by atoms with Crippen LogP contribution in [0, 0.1) is 5.82 Å². The van der Waals surface area contributed by atoms with Gasteiger partial charge in [0.15, 0.2) is 5.16 Å². The van der Waals surface area contributed by atoms with Gasteiger partial charge in [-0.2, -0.15) is 0 Å². The SMILES string of the molecule is COCCCn1c(S[C@H](C)C(=O)Nc2cccc(F)c2)nc2ccccc2c1=O. The van der Waals surface area contributed by atoms with E-state index in [2.05, 4.69) is 10.3 Å². The van der Waals surface area contributed by atoms with Gasteiger partial charge in [-0.3, -0.25) is 14.2 Å². The Balaban J connectivity index is 1.85. The number of ether oxygens (including phenoxy) is 1. The average Bonchev–Trinajstić information content (AvgIpc) is 2.70. The minimum atomic E-state index is -0.542. The van der Waals surface area contributed by atoms with Gasteiger partial charge < -0.3 is 10.1 Å². The molecule has 2 aromatic carbocycles. The third-order valence-corrected chi connectivity index (χ3v) is 5.39. The highest BCUT2D eigenvalue weighted by molar-refractivity contribution is 8.00. The largest absolute Gasteiger partial charge is 0.385 e. The van der Waals surface area contributed by atoms with Crippen molar-refractivity contribution in [2.24, 2.45) is 0 Å². The lowest BCUT2D eigenvalue weighted by atomic mass is 10.2. The van der Waals surface area contributed by atoms with E-state index in [9.17, 15) is 14.0 Å². The minimum absolute atomic E-state index is 0.146. The molecule has 3 rings (SSSR count). The zero-order chi connectivity index (χ0) is 20.8. The molecule has 0 fully saturated rings. The molecule has 0 spiro atoms. The van der Waals surface area contributed by atoms with E-state index in [0.717, 1.165) is 0 Å². The number of benzene rings is 2. The van der Waals surface area contributed by atoms with Crippen molar-refractivity contribution in [3.63, 3.8) is 0 Å². The minimum Gasteiger partial charge on any atom is -0.385 e. The molecular weight excluding hydrogens is 393 g/mol. The Hall–Kier alpha value is -2.71. The van der Waals surface area contributed by atoms with Crippen molar-refractivity contribution in [1.82, 2.24) is 9.55 Å². The molecule has 0 aliphatic heterocycles. The molecule has 1 heterocycles. The lowest BCUT2D eigenvalue weighted by Crippen LogP contribution is -2.27. The normalized spacial score (nSPS) is 12.1. The van der Waals surface area contributed by atoms with Crippen molar-refractivity contribution in [2.45, 2.75) is 30.3 Å². The van der Waals surface area contributed by atoms with Crippen molar-refractivity contribution >= 4 is 34.3 Å². The van der Waals surface area contributed by atoms with Gasteiger partial charge >= 0.3 is 0 Å². The topological polar surface area (TPSA) is 73.2 Å². The van der Waals surface area contributed by atoms with Gasteiger partial charge in [0.05, 0.1) is 16.2 Å². The average molecular weight is 415 g/mol. The smallest absolute Gasteiger partial charge is 0.262 e. The fourth-order valence-electron chi connectivity index (χ4n) is 2.82. The molecule has 1 amide bonds. The summed E-state index contributed by atoms with van der Waals surface area (Å²) in [5.74, 6) is -0.724. The Kier molecular flexibility index (Phi) is 7.00. The number of carbonyl (C=O) groups is 1.